The van der Waals surface area contributed by atoms with Crippen molar-refractivity contribution in [3.63, 3.8) is 0 Å². The SMILES string of the molecule is CC(=O)c1ccccc1Cc1ccc(N)cc1N(C(=O)OC(C)(C)C)C(=O)C(CC(C)C)c1cccc2ccccc12. The number of ketones is 1. The normalized spacial score (nSPS) is 12.3. The molecule has 42 heavy (non-hydrogen) atoms. The third kappa shape index (κ3) is 7.06. The van der Waals surface area contributed by atoms with Crippen LogP contribution in [0, 0.1) is 5.92 Å². The van der Waals surface area contributed by atoms with Gasteiger partial charge in [0.05, 0.1) is 11.6 Å². The summed E-state index contributed by atoms with van der Waals surface area (Å²) in [7, 11) is 0. The molecule has 0 aliphatic carbocycles. The molecule has 6 nitrogen and oxygen atoms in total. The summed E-state index contributed by atoms with van der Waals surface area (Å²) in [5, 5.41) is 1.98. The van der Waals surface area contributed by atoms with E-state index in [0.29, 0.717) is 35.3 Å². The number of hydrogen-bond acceptors (Lipinski definition) is 5. The molecule has 0 saturated heterocycles. The van der Waals surface area contributed by atoms with Crippen LogP contribution in [-0.2, 0) is 16.0 Å². The molecular weight excluding hydrogens is 524 g/mol. The number of ether oxygens (including phenoxy) is 1. The number of Topliss-reactive ketones (excluding diaryl/α,β-unsaturated/α-hetero) is 1. The number of amides is 2. The Morgan fingerprint density at radius 3 is 2.21 bits per heavy atom. The Bertz CT molecular complexity index is 1610. The van der Waals surface area contributed by atoms with Crippen LogP contribution in [0.2, 0.25) is 0 Å². The summed E-state index contributed by atoms with van der Waals surface area (Å²) in [6.07, 6.45) is 0.0751. The van der Waals surface area contributed by atoms with Crippen molar-refractivity contribution in [2.24, 2.45) is 5.92 Å². The first-order valence-electron chi connectivity index (χ1n) is 14.4. The quantitative estimate of drug-likeness (QED) is 0.172. The second kappa shape index (κ2) is 12.6. The van der Waals surface area contributed by atoms with Gasteiger partial charge in [-0.05, 0) is 79.6 Å². The number of anilines is 2. The van der Waals surface area contributed by atoms with Crippen molar-refractivity contribution in [1.82, 2.24) is 0 Å². The molecule has 0 heterocycles. The van der Waals surface area contributed by atoms with Crippen molar-refractivity contribution in [3.05, 3.63) is 107 Å². The zero-order valence-electron chi connectivity index (χ0n) is 25.3. The monoisotopic (exact) mass is 564 g/mol. The summed E-state index contributed by atoms with van der Waals surface area (Å²) in [6, 6.07) is 26.4. The number of nitrogens with two attached hydrogens (primary N) is 1. The molecular formula is C36H40N2O4. The van der Waals surface area contributed by atoms with E-state index in [1.54, 1.807) is 39.0 Å². The Balaban J connectivity index is 1.91. The highest BCUT2D eigenvalue weighted by Gasteiger charge is 2.36. The number of nitrogen functional groups attached to an aromatic ring is 1. The molecule has 0 spiro atoms. The van der Waals surface area contributed by atoms with Gasteiger partial charge in [-0.2, -0.15) is 0 Å². The van der Waals surface area contributed by atoms with Crippen molar-refractivity contribution in [2.75, 3.05) is 10.6 Å². The van der Waals surface area contributed by atoms with E-state index < -0.39 is 17.6 Å². The first-order valence-corrected chi connectivity index (χ1v) is 14.4. The maximum atomic E-state index is 14.8. The molecule has 1 atom stereocenters. The molecule has 2 amide bonds. The first-order chi connectivity index (χ1) is 19.9. The summed E-state index contributed by atoms with van der Waals surface area (Å²) in [5.41, 5.74) is 9.08. The van der Waals surface area contributed by atoms with Gasteiger partial charge in [0.25, 0.3) is 0 Å². The second-order valence-corrected chi connectivity index (χ2v) is 12.2. The van der Waals surface area contributed by atoms with Crippen LogP contribution >= 0.6 is 0 Å². The molecule has 4 rings (SSSR count). The predicted octanol–water partition coefficient (Wildman–Crippen LogP) is 8.31. The van der Waals surface area contributed by atoms with E-state index >= 15 is 0 Å². The van der Waals surface area contributed by atoms with Gasteiger partial charge in [0.15, 0.2) is 5.78 Å². The van der Waals surface area contributed by atoms with Crippen LogP contribution in [0.25, 0.3) is 10.8 Å². The second-order valence-electron chi connectivity index (χ2n) is 12.2. The number of nitrogens with zero attached hydrogens (tertiary/aromatic N) is 1. The Morgan fingerprint density at radius 2 is 1.52 bits per heavy atom. The van der Waals surface area contributed by atoms with Crippen LogP contribution in [0.3, 0.4) is 0 Å². The summed E-state index contributed by atoms with van der Waals surface area (Å²) < 4.78 is 5.83. The number of imide groups is 1. The number of hydrogen-bond donors (Lipinski definition) is 1. The van der Waals surface area contributed by atoms with Gasteiger partial charge < -0.3 is 10.5 Å². The van der Waals surface area contributed by atoms with Crippen LogP contribution in [-0.4, -0.2) is 23.4 Å². The standard InChI is InChI=1S/C36H40N2O4/c1-23(2)20-32(31-17-11-14-25-12-7-10-16-30(25)31)34(40)38(35(41)42-36(4,5)6)33-22-28(37)19-18-27(33)21-26-13-8-9-15-29(26)24(3)39/h7-19,22-23,32H,20-21,37H2,1-6H3. The highest BCUT2D eigenvalue weighted by Crippen LogP contribution is 2.36. The number of carbonyl (C=O) groups excluding carboxylic acids is 3. The van der Waals surface area contributed by atoms with E-state index in [0.717, 1.165) is 26.8 Å². The molecule has 0 saturated carbocycles. The van der Waals surface area contributed by atoms with Crippen LogP contribution in [0.5, 0.6) is 0 Å². The first kappa shape index (κ1) is 30.5. The Morgan fingerprint density at radius 1 is 0.857 bits per heavy atom. The molecule has 1 unspecified atom stereocenters. The topological polar surface area (TPSA) is 89.7 Å². The van der Waals surface area contributed by atoms with Gasteiger partial charge in [-0.25, -0.2) is 9.69 Å². The Hall–Kier alpha value is -4.45. The lowest BCUT2D eigenvalue weighted by atomic mass is 9.86. The average Bonchev–Trinajstić information content (AvgIpc) is 2.92. The fourth-order valence-corrected chi connectivity index (χ4v) is 5.32. The average molecular weight is 565 g/mol. The third-order valence-corrected chi connectivity index (χ3v) is 7.13. The fourth-order valence-electron chi connectivity index (χ4n) is 5.32. The van der Waals surface area contributed by atoms with Crippen LogP contribution < -0.4 is 10.6 Å². The summed E-state index contributed by atoms with van der Waals surface area (Å²) in [5.74, 6) is -0.903. The van der Waals surface area contributed by atoms with E-state index in [1.165, 1.54) is 6.92 Å². The Labute approximate surface area is 248 Å². The van der Waals surface area contributed by atoms with Gasteiger partial charge in [-0.15, -0.1) is 0 Å². The van der Waals surface area contributed by atoms with Crippen molar-refractivity contribution < 1.29 is 19.1 Å². The summed E-state index contributed by atoms with van der Waals surface area (Å²) >= 11 is 0. The molecule has 0 aliphatic heterocycles. The van der Waals surface area contributed by atoms with E-state index in [1.807, 2.05) is 66.7 Å². The van der Waals surface area contributed by atoms with E-state index in [-0.39, 0.29) is 17.6 Å². The predicted molar refractivity (Wildman–Crippen MR) is 170 cm³/mol. The number of fused-ring (bicyclic) bond motifs is 1. The largest absolute Gasteiger partial charge is 0.443 e. The van der Waals surface area contributed by atoms with Crippen LogP contribution in [0.15, 0.2) is 84.9 Å². The lowest BCUT2D eigenvalue weighted by Crippen LogP contribution is -2.44. The van der Waals surface area contributed by atoms with Crippen molar-refractivity contribution in [3.8, 4) is 0 Å². The molecule has 0 aromatic heterocycles. The molecule has 218 valence electrons. The van der Waals surface area contributed by atoms with E-state index in [9.17, 15) is 14.4 Å². The Kier molecular flexibility index (Phi) is 9.15. The zero-order valence-corrected chi connectivity index (χ0v) is 25.3. The lowest BCUT2D eigenvalue weighted by molar-refractivity contribution is -0.120. The smallest absolute Gasteiger partial charge is 0.421 e. The van der Waals surface area contributed by atoms with Gasteiger partial charge in [0.2, 0.25) is 5.91 Å². The van der Waals surface area contributed by atoms with Gasteiger partial charge in [0.1, 0.15) is 5.60 Å². The third-order valence-electron chi connectivity index (χ3n) is 7.13. The van der Waals surface area contributed by atoms with Crippen molar-refractivity contribution >= 4 is 39.9 Å². The van der Waals surface area contributed by atoms with Crippen molar-refractivity contribution in [1.29, 1.82) is 0 Å². The fraction of sp³-hybridized carbons (Fsp3) is 0.306. The lowest BCUT2D eigenvalue weighted by Gasteiger charge is -2.31. The van der Waals surface area contributed by atoms with Crippen LogP contribution in [0.4, 0.5) is 16.2 Å². The molecule has 2 N–H and O–H groups in total. The molecule has 0 bridgehead atoms. The molecule has 6 heteroatoms. The molecule has 0 radical (unpaired) electrons. The number of carbonyl (C=O) groups is 3. The molecule has 0 aliphatic rings. The van der Waals surface area contributed by atoms with Crippen molar-refractivity contribution in [2.45, 2.75) is 65.9 Å². The highest BCUT2D eigenvalue weighted by molar-refractivity contribution is 6.16. The highest BCUT2D eigenvalue weighted by atomic mass is 16.6. The molecule has 4 aromatic rings. The minimum absolute atomic E-state index is 0.0596. The minimum atomic E-state index is -0.843. The maximum absolute atomic E-state index is 14.8. The number of rotatable bonds is 8. The zero-order chi connectivity index (χ0) is 30.6. The molecule has 0 fully saturated rings. The summed E-state index contributed by atoms with van der Waals surface area (Å²) in [6.45, 7) is 11.0. The van der Waals surface area contributed by atoms with Gasteiger partial charge in [-0.1, -0.05) is 86.6 Å². The number of benzene rings is 4. The summed E-state index contributed by atoms with van der Waals surface area (Å²) in [4.78, 5) is 42.3. The van der Waals surface area contributed by atoms with E-state index in [4.69, 9.17) is 10.5 Å². The minimum Gasteiger partial charge on any atom is -0.443 e. The molecule has 4 aromatic carbocycles. The van der Waals surface area contributed by atoms with E-state index in [2.05, 4.69) is 13.8 Å². The van der Waals surface area contributed by atoms with Gasteiger partial charge in [0, 0.05) is 17.7 Å². The van der Waals surface area contributed by atoms with Crippen LogP contribution in [0.1, 0.15) is 80.9 Å². The van der Waals surface area contributed by atoms with Gasteiger partial charge in [-0.3, -0.25) is 9.59 Å². The van der Waals surface area contributed by atoms with Gasteiger partial charge >= 0.3 is 6.09 Å². The maximum Gasteiger partial charge on any atom is 0.421 e.